The molecule has 4 heterocycles. The Kier molecular flexibility index (Phi) is 27.4. The molecule has 4 aromatic heterocycles. The number of azo groups is 4. The molecule has 0 unspecified atom stereocenters. The fourth-order valence-corrected chi connectivity index (χ4v) is 13.3. The number of thiazole rings is 1. The summed E-state index contributed by atoms with van der Waals surface area (Å²) in [7, 11) is 0. The molecule has 0 saturated heterocycles. The quantitative estimate of drug-likeness (QED) is 0.0221. The Hall–Kier alpha value is -16.6. The minimum Gasteiger partial charge on any atom is -0.505 e. The Bertz CT molecular complexity index is 6660. The topological polar surface area (TPSA) is 531 Å². The first kappa shape index (κ1) is 85.3. The number of amides is 4. The van der Waals surface area contributed by atoms with Crippen molar-refractivity contribution in [2.45, 2.75) is 40.3 Å². The van der Waals surface area contributed by atoms with E-state index in [1.807, 2.05) is 43.3 Å². The molecule has 34 nitrogen and oxygen atoms in total. The molecule has 0 aliphatic rings. The van der Waals surface area contributed by atoms with Gasteiger partial charge in [0, 0.05) is 44.3 Å². The molecule has 14 N–H and O–H groups in total. The van der Waals surface area contributed by atoms with Crippen LogP contribution in [0.15, 0.2) is 272 Å². The smallest absolute Gasteiger partial charge is 0.259 e. The first-order valence-corrected chi connectivity index (χ1v) is 38.7. The molecular weight excluding hydrogens is 1630 g/mol. The molecule has 0 aliphatic carbocycles. The van der Waals surface area contributed by atoms with Crippen molar-refractivity contribution in [1.82, 2.24) is 35.6 Å². The number of aliphatic hydroxyl groups is 4. The number of phenolic OH excluding ortho intramolecular Hbond substituents is 4. The summed E-state index contributed by atoms with van der Waals surface area (Å²) in [6, 6.07) is 63.9. The summed E-state index contributed by atoms with van der Waals surface area (Å²) in [5.41, 5.74) is 6.56. The predicted molar refractivity (Wildman–Crippen MR) is 465 cm³/mol. The lowest BCUT2D eigenvalue weighted by Gasteiger charge is -2.11. The standard InChI is InChI=1S/C23H17N5O3S.2C22H17N5O4.C21H17N5O3S/c1-13-19(11-24)32-23(25-13)28-27-20-17-5-3-2-4-15(17)10-18(21(20)30)22(31)26-16-8-6-14(12-29)7-9-16;2*28-11-13-5-7-16(8-6-13)24-22(31)18-9-14-3-1-2-4-17(14)19(20(18)30)25-27-21-15(12-29)10-23-26-21;1-12-23-25-21(30-12)26-24-18-16-5-3-2-4-14(16)10-17(19(18)28)20(29)22-15-8-6-13(11-27)7-9-15/h2-10,29-30H,12H2,1H3,(H,26,31);2*1-10,12,28,30H,11H2,(H,23,26)(H,24,31);2-10,27-28H,11H2,1H3,(H,22,29). The van der Waals surface area contributed by atoms with Crippen LogP contribution in [0.5, 0.6) is 23.0 Å². The minimum absolute atomic E-state index is 0.0131. The molecule has 36 heteroatoms. The number of H-pyrrole nitrogens is 2. The first-order chi connectivity index (χ1) is 60.2. The van der Waals surface area contributed by atoms with Gasteiger partial charge in [0.25, 0.3) is 28.8 Å². The Morgan fingerprint density at radius 3 is 0.952 bits per heavy atom. The van der Waals surface area contributed by atoms with E-state index in [9.17, 15) is 49.2 Å². The summed E-state index contributed by atoms with van der Waals surface area (Å²) < 4.78 is 0. The van der Waals surface area contributed by atoms with E-state index in [-0.39, 0.29) is 122 Å². The zero-order valence-electron chi connectivity index (χ0n) is 65.0. The Balaban J connectivity index is 0.000000142. The number of phenols is 4. The maximum Gasteiger partial charge on any atom is 0.259 e. The summed E-state index contributed by atoms with van der Waals surface area (Å²) in [5, 5.41) is 160. The molecule has 12 aromatic carbocycles. The van der Waals surface area contributed by atoms with Gasteiger partial charge in [-0.25, -0.2) is 4.98 Å². The van der Waals surface area contributed by atoms with Crippen LogP contribution in [0, 0.1) is 25.2 Å². The highest BCUT2D eigenvalue weighted by atomic mass is 32.1. The molecule has 0 spiro atoms. The van der Waals surface area contributed by atoms with E-state index in [4.69, 9.17) is 25.7 Å². The fourth-order valence-electron chi connectivity index (χ4n) is 12.1. The highest BCUT2D eigenvalue weighted by Gasteiger charge is 2.25. The van der Waals surface area contributed by atoms with Crippen molar-refractivity contribution in [2.75, 3.05) is 21.3 Å². The molecule has 16 rings (SSSR count). The van der Waals surface area contributed by atoms with Gasteiger partial charge in [0.2, 0.25) is 5.13 Å². The van der Waals surface area contributed by atoms with Crippen LogP contribution in [-0.2, 0) is 26.4 Å². The summed E-state index contributed by atoms with van der Waals surface area (Å²) in [5.74, 6) is -3.09. The van der Waals surface area contributed by atoms with Crippen molar-refractivity contribution in [3.8, 4) is 29.1 Å². The number of aldehydes is 2. The number of rotatable bonds is 22. The number of aromatic amines is 2. The Morgan fingerprint density at radius 2 is 0.685 bits per heavy atom. The molecule has 4 amide bonds. The summed E-state index contributed by atoms with van der Waals surface area (Å²) in [6.07, 6.45) is 3.79. The minimum atomic E-state index is -0.536. The Labute approximate surface area is 709 Å². The molecule has 0 aliphatic heterocycles. The van der Waals surface area contributed by atoms with Gasteiger partial charge in [-0.1, -0.05) is 168 Å². The third-order valence-corrected chi connectivity index (χ3v) is 20.1. The lowest BCUT2D eigenvalue weighted by molar-refractivity contribution is 0.101. The number of nitriles is 1. The van der Waals surface area contributed by atoms with Crippen molar-refractivity contribution in [1.29, 1.82) is 5.26 Å². The number of hydrogen-bond acceptors (Lipinski definition) is 30. The first-order valence-electron chi connectivity index (χ1n) is 37.1. The highest BCUT2D eigenvalue weighted by molar-refractivity contribution is 7.16. The van der Waals surface area contributed by atoms with Gasteiger partial charge < -0.3 is 62.1 Å². The third-order valence-electron chi connectivity index (χ3n) is 18.5. The van der Waals surface area contributed by atoms with E-state index < -0.39 is 23.6 Å². The van der Waals surface area contributed by atoms with Gasteiger partial charge >= 0.3 is 0 Å². The van der Waals surface area contributed by atoms with Crippen molar-refractivity contribution in [2.24, 2.45) is 40.9 Å². The zero-order chi connectivity index (χ0) is 87.3. The van der Waals surface area contributed by atoms with Crippen molar-refractivity contribution in [3.63, 3.8) is 0 Å². The lowest BCUT2D eigenvalue weighted by atomic mass is 10.0. The van der Waals surface area contributed by atoms with Gasteiger partial charge in [-0.2, -0.15) is 15.5 Å². The number of hydrogen-bond donors (Lipinski definition) is 14. The van der Waals surface area contributed by atoms with E-state index in [1.54, 1.807) is 195 Å². The molecule has 0 saturated carbocycles. The van der Waals surface area contributed by atoms with Crippen LogP contribution in [0.1, 0.15) is 100.0 Å². The average Bonchev–Trinajstić information content (AvgIpc) is 1.10. The zero-order valence-corrected chi connectivity index (χ0v) is 66.7. The average molecular weight is 1690 g/mol. The lowest BCUT2D eigenvalue weighted by Crippen LogP contribution is -2.12. The number of fused-ring (bicyclic) bond motifs is 4. The summed E-state index contributed by atoms with van der Waals surface area (Å²) in [6.45, 7) is 3.14. The highest BCUT2D eigenvalue weighted by Crippen LogP contribution is 2.45. The van der Waals surface area contributed by atoms with Crippen LogP contribution >= 0.6 is 22.7 Å². The van der Waals surface area contributed by atoms with Gasteiger partial charge in [-0.05, 0) is 130 Å². The third kappa shape index (κ3) is 20.2. The number of aromatic hydroxyl groups is 4. The van der Waals surface area contributed by atoms with Gasteiger partial charge in [0.05, 0.1) is 77.9 Å². The maximum absolute atomic E-state index is 12.9. The van der Waals surface area contributed by atoms with E-state index >= 15 is 0 Å². The van der Waals surface area contributed by atoms with Crippen LogP contribution in [0.25, 0.3) is 43.1 Å². The molecule has 616 valence electrons. The molecule has 16 aromatic rings. The second kappa shape index (κ2) is 39.8. The number of carbonyl (C=O) groups excluding carboxylic acids is 6. The maximum atomic E-state index is 12.9. The second-order valence-corrected chi connectivity index (χ2v) is 28.8. The SMILES string of the molecule is Cc1nc(N=Nc2c(O)c(C(=O)Nc3ccc(CO)cc3)cc3ccccc23)sc1C#N.Cc1nnc(N=Nc2c(O)c(C(=O)Nc3ccc(CO)cc3)cc3ccccc23)s1.O=Cc1cn[nH]c1N=Nc1c(O)c(C(=O)Nc2ccc(CO)cc2)cc2ccccc12.O=Cc1cn[nH]c1N=Nc1c(O)c(C(=O)Nc2ccc(CO)cc2)cc2ccccc12. The van der Waals surface area contributed by atoms with Crippen LogP contribution < -0.4 is 21.3 Å². The van der Waals surface area contributed by atoms with Gasteiger partial charge in [0.1, 0.15) is 38.7 Å². The second-order valence-electron chi connectivity index (χ2n) is 26.6. The van der Waals surface area contributed by atoms with E-state index in [2.05, 4.69) is 97.8 Å². The molecule has 0 atom stereocenters. The normalized spacial score (nSPS) is 11.1. The fraction of sp³-hybridized carbons (Fsp3) is 0.0682. The van der Waals surface area contributed by atoms with E-state index in [1.165, 1.54) is 23.7 Å². The number of benzene rings is 12. The largest absolute Gasteiger partial charge is 0.505 e. The van der Waals surface area contributed by atoms with E-state index in [0.29, 0.717) is 99.9 Å². The number of nitrogens with zero attached hydrogens (tertiary/aromatic N) is 14. The number of carbonyl (C=O) groups is 6. The summed E-state index contributed by atoms with van der Waals surface area (Å²) in [4.78, 5) is 78.2. The molecule has 0 fully saturated rings. The van der Waals surface area contributed by atoms with Gasteiger partial charge in [-0.15, -0.1) is 51.1 Å². The number of aliphatic hydroxyl groups excluding tert-OH is 4. The van der Waals surface area contributed by atoms with Crippen molar-refractivity contribution < 1.29 is 69.6 Å². The van der Waals surface area contributed by atoms with Crippen LogP contribution in [0.3, 0.4) is 0 Å². The number of aromatic nitrogens is 7. The van der Waals surface area contributed by atoms with Crippen LogP contribution in [0.2, 0.25) is 0 Å². The number of nitrogens with one attached hydrogen (secondary N) is 6. The molecule has 124 heavy (non-hydrogen) atoms. The van der Waals surface area contributed by atoms with Crippen LogP contribution in [0.4, 0.5) is 67.4 Å². The summed E-state index contributed by atoms with van der Waals surface area (Å²) >= 11 is 2.37. The monoisotopic (exact) mass is 1690 g/mol. The van der Waals surface area contributed by atoms with E-state index in [0.717, 1.165) is 32.9 Å². The predicted octanol–water partition coefficient (Wildman–Crippen LogP) is 18.7. The molecular formula is C88H68N20O14S2. The van der Waals surface area contributed by atoms with Gasteiger partial charge in [0.15, 0.2) is 47.2 Å². The number of aryl methyl sites for hydroxylation is 2. The van der Waals surface area contributed by atoms with Gasteiger partial charge in [-0.3, -0.25) is 39.0 Å². The van der Waals surface area contributed by atoms with Crippen molar-refractivity contribution >= 4 is 169 Å². The van der Waals surface area contributed by atoms with Crippen LogP contribution in [-0.4, -0.2) is 113 Å². The molecule has 0 bridgehead atoms. The number of anilines is 4. The molecule has 0 radical (unpaired) electrons. The van der Waals surface area contributed by atoms with Crippen molar-refractivity contribution in [3.05, 3.63) is 302 Å². The Morgan fingerprint density at radius 1 is 0.395 bits per heavy atom.